The molecule has 0 aromatic rings. The number of allylic oxidation sites excluding steroid dienone is 4. The van der Waals surface area contributed by atoms with Crippen LogP contribution in [0.3, 0.4) is 0 Å². The minimum Gasteiger partial charge on any atom is -0.462 e. The lowest BCUT2D eigenvalue weighted by Gasteiger charge is -2.24. The number of likely N-dealkylation sites (N-methyl/N-ethyl adjacent to an activating group) is 1. The molecule has 0 saturated carbocycles. The first kappa shape index (κ1) is 50.5. The average molecular weight is 759 g/mol. The van der Waals surface area contributed by atoms with Crippen LogP contribution in [-0.4, -0.2) is 74.9 Å². The Labute approximate surface area is 319 Å². The van der Waals surface area contributed by atoms with E-state index in [1.165, 1.54) is 96.3 Å². The van der Waals surface area contributed by atoms with Crippen LogP contribution in [0.1, 0.15) is 181 Å². The summed E-state index contributed by atoms with van der Waals surface area (Å²) in [7, 11) is 1.47. The highest BCUT2D eigenvalue weighted by Gasteiger charge is 2.27. The van der Waals surface area contributed by atoms with Gasteiger partial charge in [0.05, 0.1) is 27.7 Å². The average Bonchev–Trinajstić information content (AvgIpc) is 3.09. The number of ether oxygens (including phenoxy) is 2. The number of rotatable bonds is 38. The lowest BCUT2D eigenvalue weighted by atomic mass is 10.1. The maximum Gasteiger partial charge on any atom is 0.472 e. The highest BCUT2D eigenvalue weighted by atomic mass is 31.2. The molecule has 0 heterocycles. The van der Waals surface area contributed by atoms with Crippen molar-refractivity contribution in [3.05, 3.63) is 24.3 Å². The lowest BCUT2D eigenvalue weighted by molar-refractivity contribution is -0.870. The second-order valence-corrected chi connectivity index (χ2v) is 16.8. The van der Waals surface area contributed by atoms with Gasteiger partial charge in [-0.1, -0.05) is 134 Å². The van der Waals surface area contributed by atoms with Crippen LogP contribution in [0, 0.1) is 0 Å². The summed E-state index contributed by atoms with van der Waals surface area (Å²) in [6.07, 6.45) is 36.4. The van der Waals surface area contributed by atoms with Crippen molar-refractivity contribution in [3.63, 3.8) is 0 Å². The Morgan fingerprint density at radius 1 is 0.577 bits per heavy atom. The number of phosphoric acid groups is 1. The van der Waals surface area contributed by atoms with Crippen LogP contribution in [-0.2, 0) is 32.7 Å². The number of quaternary nitrogens is 1. The zero-order valence-corrected chi connectivity index (χ0v) is 35.2. The normalized spacial score (nSPS) is 13.9. The third-order valence-electron chi connectivity index (χ3n) is 8.95. The summed E-state index contributed by atoms with van der Waals surface area (Å²) in [5.74, 6) is -0.809. The van der Waals surface area contributed by atoms with Gasteiger partial charge in [0.1, 0.15) is 19.8 Å². The molecule has 0 aliphatic rings. The van der Waals surface area contributed by atoms with Crippen LogP contribution in [0.5, 0.6) is 0 Å². The van der Waals surface area contributed by atoms with E-state index in [9.17, 15) is 19.0 Å². The molecule has 10 heteroatoms. The summed E-state index contributed by atoms with van der Waals surface area (Å²) in [5, 5.41) is 0. The van der Waals surface area contributed by atoms with Gasteiger partial charge >= 0.3 is 19.8 Å². The first-order chi connectivity index (χ1) is 25.0. The van der Waals surface area contributed by atoms with Crippen molar-refractivity contribution in [2.75, 3.05) is 47.5 Å². The molecule has 0 spiro atoms. The van der Waals surface area contributed by atoms with Crippen LogP contribution in [0.25, 0.3) is 0 Å². The van der Waals surface area contributed by atoms with E-state index < -0.39 is 26.5 Å². The van der Waals surface area contributed by atoms with Crippen LogP contribution in [0.2, 0.25) is 0 Å². The number of hydrogen-bond acceptors (Lipinski definition) is 7. The van der Waals surface area contributed by atoms with Gasteiger partial charge in [0, 0.05) is 12.8 Å². The Kier molecular flexibility index (Phi) is 34.2. The maximum atomic E-state index is 12.6. The molecule has 0 radical (unpaired) electrons. The van der Waals surface area contributed by atoms with Crippen molar-refractivity contribution in [2.24, 2.45) is 0 Å². The molecule has 0 aromatic carbocycles. The summed E-state index contributed by atoms with van der Waals surface area (Å²) in [6.45, 7) is 4.36. The molecular formula is C42H81NO8P+. The predicted octanol–water partition coefficient (Wildman–Crippen LogP) is 11.6. The van der Waals surface area contributed by atoms with Gasteiger partial charge in [-0.05, 0) is 57.8 Å². The fourth-order valence-electron chi connectivity index (χ4n) is 5.58. The summed E-state index contributed by atoms with van der Waals surface area (Å²) >= 11 is 0. The molecule has 0 saturated heterocycles. The molecule has 0 aromatic heterocycles. The van der Waals surface area contributed by atoms with Gasteiger partial charge in [0.15, 0.2) is 6.10 Å². The first-order valence-electron chi connectivity index (χ1n) is 21.1. The van der Waals surface area contributed by atoms with Crippen molar-refractivity contribution in [3.8, 4) is 0 Å². The number of phosphoric ester groups is 1. The van der Waals surface area contributed by atoms with Gasteiger partial charge in [-0.25, -0.2) is 4.57 Å². The molecule has 1 unspecified atom stereocenters. The third-order valence-corrected chi connectivity index (χ3v) is 9.94. The van der Waals surface area contributed by atoms with Gasteiger partial charge in [-0.2, -0.15) is 0 Å². The van der Waals surface area contributed by atoms with Crippen molar-refractivity contribution < 1.29 is 42.1 Å². The summed E-state index contributed by atoms with van der Waals surface area (Å²) in [6, 6.07) is 0. The number of nitrogens with zero attached hydrogens (tertiary/aromatic N) is 1. The van der Waals surface area contributed by atoms with Crippen LogP contribution >= 0.6 is 7.82 Å². The van der Waals surface area contributed by atoms with Crippen molar-refractivity contribution >= 4 is 19.8 Å². The Balaban J connectivity index is 4.38. The number of hydrogen-bond donors (Lipinski definition) is 1. The molecule has 9 nitrogen and oxygen atoms in total. The van der Waals surface area contributed by atoms with E-state index in [0.29, 0.717) is 17.4 Å². The Bertz CT molecular complexity index is 949. The fourth-order valence-corrected chi connectivity index (χ4v) is 6.32. The van der Waals surface area contributed by atoms with Gasteiger partial charge in [0.2, 0.25) is 0 Å². The Morgan fingerprint density at radius 2 is 1.00 bits per heavy atom. The molecule has 0 amide bonds. The highest BCUT2D eigenvalue weighted by molar-refractivity contribution is 7.47. The van der Waals surface area contributed by atoms with Crippen molar-refractivity contribution in [2.45, 2.75) is 187 Å². The quantitative estimate of drug-likeness (QED) is 0.0218. The van der Waals surface area contributed by atoms with E-state index in [-0.39, 0.29) is 32.0 Å². The first-order valence-corrected chi connectivity index (χ1v) is 22.6. The van der Waals surface area contributed by atoms with E-state index >= 15 is 0 Å². The molecule has 0 rings (SSSR count). The van der Waals surface area contributed by atoms with E-state index in [2.05, 4.69) is 38.2 Å². The molecule has 0 aliphatic carbocycles. The second-order valence-electron chi connectivity index (χ2n) is 15.4. The lowest BCUT2D eigenvalue weighted by Crippen LogP contribution is -2.37. The zero-order chi connectivity index (χ0) is 38.6. The van der Waals surface area contributed by atoms with Gasteiger partial charge in [-0.15, -0.1) is 0 Å². The van der Waals surface area contributed by atoms with Crippen LogP contribution in [0.4, 0.5) is 0 Å². The number of esters is 2. The van der Waals surface area contributed by atoms with Crippen LogP contribution in [0.15, 0.2) is 24.3 Å². The Hall–Kier alpha value is -1.51. The summed E-state index contributed by atoms with van der Waals surface area (Å²) < 4.78 is 34.2. The van der Waals surface area contributed by atoms with Gasteiger partial charge < -0.3 is 18.9 Å². The topological polar surface area (TPSA) is 108 Å². The molecule has 52 heavy (non-hydrogen) atoms. The standard InChI is InChI=1S/C42H80NO8P/c1-6-8-10-12-14-16-18-20-21-23-24-26-28-30-32-34-41(44)48-38-40(39-50-52(46,47)49-37-36-43(3,4)5)51-42(45)35-33-31-29-27-25-22-19-17-15-13-11-9-7-2/h12,14,17,19,40H,6-11,13,15-16,18,20-39H2,1-5H3/p+1/b14-12+,19-17+/t40-/m1/s1. The summed E-state index contributed by atoms with van der Waals surface area (Å²) in [4.78, 5) is 35.3. The smallest absolute Gasteiger partial charge is 0.462 e. The monoisotopic (exact) mass is 759 g/mol. The molecule has 0 aliphatic heterocycles. The highest BCUT2D eigenvalue weighted by Crippen LogP contribution is 2.43. The molecule has 0 bridgehead atoms. The minimum atomic E-state index is -4.37. The van der Waals surface area contributed by atoms with Crippen molar-refractivity contribution in [1.29, 1.82) is 0 Å². The number of carbonyl (C=O) groups excluding carboxylic acids is 2. The Morgan fingerprint density at radius 3 is 1.48 bits per heavy atom. The molecule has 306 valence electrons. The van der Waals surface area contributed by atoms with E-state index in [1.807, 2.05) is 21.1 Å². The minimum absolute atomic E-state index is 0.0309. The van der Waals surface area contributed by atoms with Gasteiger partial charge in [-0.3, -0.25) is 18.6 Å². The third kappa shape index (κ3) is 38.2. The maximum absolute atomic E-state index is 12.6. The van der Waals surface area contributed by atoms with Crippen molar-refractivity contribution in [1.82, 2.24) is 0 Å². The second kappa shape index (κ2) is 35.2. The summed E-state index contributed by atoms with van der Waals surface area (Å²) in [5.41, 5.74) is 0. The largest absolute Gasteiger partial charge is 0.472 e. The SMILES string of the molecule is CCCC/C=C/CCCCCCCCCCCC(=O)OC[C@H](COP(=O)(O)OCC[N+](C)(C)C)OC(=O)CCCCCCC/C=C/CCCCCC. The molecule has 0 fully saturated rings. The van der Waals surface area contributed by atoms with E-state index in [0.717, 1.165) is 51.4 Å². The van der Waals surface area contributed by atoms with E-state index in [1.54, 1.807) is 0 Å². The number of unbranched alkanes of at least 4 members (excludes halogenated alkanes) is 20. The predicted molar refractivity (Wildman–Crippen MR) is 215 cm³/mol. The van der Waals surface area contributed by atoms with Gasteiger partial charge in [0.25, 0.3) is 0 Å². The molecular weight excluding hydrogens is 677 g/mol. The number of carbonyl (C=O) groups is 2. The zero-order valence-electron chi connectivity index (χ0n) is 34.3. The molecule has 2 atom stereocenters. The fraction of sp³-hybridized carbons (Fsp3) is 0.857. The van der Waals surface area contributed by atoms with E-state index in [4.69, 9.17) is 18.5 Å². The van der Waals surface area contributed by atoms with Crippen LogP contribution < -0.4 is 0 Å². The molecule has 1 N–H and O–H groups in total.